The van der Waals surface area contributed by atoms with Gasteiger partial charge in [-0.3, -0.25) is 9.78 Å². The van der Waals surface area contributed by atoms with Gasteiger partial charge in [-0.2, -0.15) is 0 Å². The van der Waals surface area contributed by atoms with Gasteiger partial charge < -0.3 is 5.11 Å². The molecule has 0 amide bonds. The Balaban J connectivity index is 1.69. The number of unbranched alkanes of at least 4 members (excludes halogenated alkanes) is 3. The first-order chi connectivity index (χ1) is 12.2. The number of pyridine rings is 1. The van der Waals surface area contributed by atoms with E-state index in [2.05, 4.69) is 42.2 Å². The summed E-state index contributed by atoms with van der Waals surface area (Å²) in [5.41, 5.74) is 2.60. The van der Waals surface area contributed by atoms with Gasteiger partial charge in [0.1, 0.15) is 0 Å². The van der Waals surface area contributed by atoms with Crippen molar-refractivity contribution in [3.63, 3.8) is 0 Å². The van der Waals surface area contributed by atoms with Crippen LogP contribution in [0.25, 0.3) is 0 Å². The summed E-state index contributed by atoms with van der Waals surface area (Å²) in [6, 6.07) is 12.6. The third-order valence-corrected chi connectivity index (χ3v) is 5.46. The van der Waals surface area contributed by atoms with Crippen LogP contribution < -0.4 is 0 Å². The summed E-state index contributed by atoms with van der Waals surface area (Å²) in [6.45, 7) is 2.21. The number of carboxylic acids is 1. The molecule has 0 saturated heterocycles. The molecular formula is C21H27NO2S. The number of rotatable bonds is 11. The molecule has 134 valence electrons. The predicted octanol–water partition coefficient (Wildman–Crippen LogP) is 5.56. The van der Waals surface area contributed by atoms with Crippen molar-refractivity contribution in [3.8, 4) is 0 Å². The van der Waals surface area contributed by atoms with Gasteiger partial charge in [-0.1, -0.05) is 56.5 Å². The molecule has 2 rings (SSSR count). The summed E-state index contributed by atoms with van der Waals surface area (Å²) in [6.07, 6.45) is 10.9. The number of benzene rings is 1. The topological polar surface area (TPSA) is 50.2 Å². The molecule has 1 aromatic carbocycles. The fourth-order valence-corrected chi connectivity index (χ4v) is 3.82. The fraction of sp³-hybridized carbons (Fsp3) is 0.429. The molecule has 3 nitrogen and oxygen atoms in total. The number of aryl methyl sites for hydroxylation is 1. The maximum atomic E-state index is 10.8. The minimum absolute atomic E-state index is 0.100. The van der Waals surface area contributed by atoms with Crippen molar-refractivity contribution in [2.75, 3.05) is 5.75 Å². The highest BCUT2D eigenvalue weighted by molar-refractivity contribution is 8.00. The quantitative estimate of drug-likeness (QED) is 0.423. The second kappa shape index (κ2) is 10.9. The van der Waals surface area contributed by atoms with Crippen LogP contribution in [0, 0.1) is 0 Å². The number of nitrogens with zero attached hydrogens (tertiary/aromatic N) is 1. The van der Waals surface area contributed by atoms with Crippen molar-refractivity contribution < 1.29 is 9.90 Å². The highest BCUT2D eigenvalue weighted by Gasteiger charge is 2.12. The molecule has 0 spiro atoms. The summed E-state index contributed by atoms with van der Waals surface area (Å²) in [7, 11) is 0. The van der Waals surface area contributed by atoms with E-state index in [9.17, 15) is 4.79 Å². The molecule has 1 aromatic heterocycles. The summed E-state index contributed by atoms with van der Waals surface area (Å²) < 4.78 is 0. The molecule has 0 aliphatic rings. The van der Waals surface area contributed by atoms with Crippen molar-refractivity contribution in [2.24, 2.45) is 0 Å². The van der Waals surface area contributed by atoms with Gasteiger partial charge in [-0.25, -0.2) is 0 Å². The molecule has 25 heavy (non-hydrogen) atoms. The van der Waals surface area contributed by atoms with E-state index >= 15 is 0 Å². The van der Waals surface area contributed by atoms with E-state index in [1.165, 1.54) is 48.6 Å². The van der Waals surface area contributed by atoms with E-state index in [1.807, 2.05) is 12.3 Å². The molecule has 0 radical (unpaired) electrons. The van der Waals surface area contributed by atoms with Crippen LogP contribution in [-0.4, -0.2) is 21.8 Å². The summed E-state index contributed by atoms with van der Waals surface area (Å²) >= 11 is 1.39. The Morgan fingerprint density at radius 1 is 1.12 bits per heavy atom. The Kier molecular flexibility index (Phi) is 8.53. The summed E-state index contributed by atoms with van der Waals surface area (Å²) in [4.78, 5) is 16.1. The Bertz CT molecular complexity index is 645. The van der Waals surface area contributed by atoms with Crippen LogP contribution in [0.15, 0.2) is 53.7 Å². The Hall–Kier alpha value is -1.81. The Morgan fingerprint density at radius 3 is 2.64 bits per heavy atom. The molecule has 0 aliphatic heterocycles. The molecule has 1 unspecified atom stereocenters. The molecular weight excluding hydrogens is 330 g/mol. The largest absolute Gasteiger partial charge is 0.481 e. The first-order valence-corrected chi connectivity index (χ1v) is 9.98. The van der Waals surface area contributed by atoms with Gasteiger partial charge >= 0.3 is 5.97 Å². The SMILES string of the molecule is CC(CCCCCCc1ccccc1)c1cnccc1SCC(=O)O. The van der Waals surface area contributed by atoms with E-state index in [0.29, 0.717) is 5.92 Å². The lowest BCUT2D eigenvalue weighted by molar-refractivity contribution is -0.133. The van der Waals surface area contributed by atoms with Gasteiger partial charge in [0.2, 0.25) is 0 Å². The summed E-state index contributed by atoms with van der Waals surface area (Å²) in [5, 5.41) is 8.87. The molecule has 2 aromatic rings. The number of aromatic nitrogens is 1. The number of hydrogen-bond acceptors (Lipinski definition) is 3. The maximum Gasteiger partial charge on any atom is 0.313 e. The van der Waals surface area contributed by atoms with Crippen LogP contribution in [0.4, 0.5) is 0 Å². The van der Waals surface area contributed by atoms with Gasteiger partial charge in [0.05, 0.1) is 5.75 Å². The van der Waals surface area contributed by atoms with Crippen LogP contribution in [0.1, 0.15) is 56.1 Å². The zero-order valence-corrected chi connectivity index (χ0v) is 15.7. The molecule has 0 bridgehead atoms. The highest BCUT2D eigenvalue weighted by atomic mass is 32.2. The molecule has 1 N–H and O–H groups in total. The normalized spacial score (nSPS) is 12.0. The average molecular weight is 358 g/mol. The van der Waals surface area contributed by atoms with Crippen molar-refractivity contribution in [3.05, 3.63) is 59.9 Å². The Labute approximate surface area is 154 Å². The van der Waals surface area contributed by atoms with Gasteiger partial charge in [-0.15, -0.1) is 11.8 Å². The zero-order valence-electron chi connectivity index (χ0n) is 14.9. The fourth-order valence-electron chi connectivity index (χ4n) is 2.97. The van der Waals surface area contributed by atoms with Crippen LogP contribution >= 0.6 is 11.8 Å². The molecule has 1 atom stereocenters. The molecule has 4 heteroatoms. The van der Waals surface area contributed by atoms with Crippen LogP contribution in [-0.2, 0) is 11.2 Å². The second-order valence-corrected chi connectivity index (χ2v) is 7.45. The van der Waals surface area contributed by atoms with Gasteiger partial charge in [0.25, 0.3) is 0 Å². The average Bonchev–Trinajstić information content (AvgIpc) is 2.63. The number of carboxylic acid groups (broad SMARTS) is 1. The maximum absolute atomic E-state index is 10.8. The lowest BCUT2D eigenvalue weighted by atomic mass is 9.95. The smallest absolute Gasteiger partial charge is 0.313 e. The lowest BCUT2D eigenvalue weighted by Crippen LogP contribution is -2.01. The van der Waals surface area contributed by atoms with E-state index in [4.69, 9.17) is 5.11 Å². The van der Waals surface area contributed by atoms with E-state index in [1.54, 1.807) is 6.20 Å². The van der Waals surface area contributed by atoms with Crippen molar-refractivity contribution in [2.45, 2.75) is 56.3 Å². The Morgan fingerprint density at radius 2 is 1.88 bits per heavy atom. The first-order valence-electron chi connectivity index (χ1n) is 8.99. The number of thioether (sulfide) groups is 1. The van der Waals surface area contributed by atoms with E-state index < -0.39 is 5.97 Å². The molecule has 0 fully saturated rings. The van der Waals surface area contributed by atoms with Gasteiger partial charge in [0, 0.05) is 17.3 Å². The highest BCUT2D eigenvalue weighted by Crippen LogP contribution is 2.30. The van der Waals surface area contributed by atoms with Gasteiger partial charge in [-0.05, 0) is 42.4 Å². The summed E-state index contributed by atoms with van der Waals surface area (Å²) in [5.74, 6) is -0.263. The molecule has 0 aliphatic carbocycles. The minimum atomic E-state index is -0.779. The molecule has 0 saturated carbocycles. The van der Waals surface area contributed by atoms with Gasteiger partial charge in [0.15, 0.2) is 0 Å². The van der Waals surface area contributed by atoms with Crippen molar-refractivity contribution >= 4 is 17.7 Å². The first kappa shape index (κ1) is 19.5. The van der Waals surface area contributed by atoms with Crippen LogP contribution in [0.5, 0.6) is 0 Å². The zero-order chi connectivity index (χ0) is 17.9. The van der Waals surface area contributed by atoms with E-state index in [-0.39, 0.29) is 5.75 Å². The third-order valence-electron chi connectivity index (χ3n) is 4.39. The van der Waals surface area contributed by atoms with Crippen LogP contribution in [0.3, 0.4) is 0 Å². The third kappa shape index (κ3) is 7.30. The van der Waals surface area contributed by atoms with Crippen molar-refractivity contribution in [1.82, 2.24) is 4.98 Å². The lowest BCUT2D eigenvalue weighted by Gasteiger charge is -2.15. The van der Waals surface area contributed by atoms with E-state index in [0.717, 1.165) is 17.7 Å². The van der Waals surface area contributed by atoms with Crippen molar-refractivity contribution in [1.29, 1.82) is 0 Å². The monoisotopic (exact) mass is 357 g/mol. The van der Waals surface area contributed by atoms with Crippen LogP contribution in [0.2, 0.25) is 0 Å². The minimum Gasteiger partial charge on any atom is -0.481 e. The molecule has 1 heterocycles. The number of aliphatic carboxylic acids is 1. The predicted molar refractivity (Wildman–Crippen MR) is 104 cm³/mol. The number of hydrogen-bond donors (Lipinski definition) is 1. The standard InChI is InChI=1S/C21H27NO2S/c1-17(19-15-22-14-13-20(19)25-16-21(23)24)9-5-2-3-6-10-18-11-7-4-8-12-18/h4,7-8,11-15,17H,2-3,5-6,9-10,16H2,1H3,(H,23,24). The number of carbonyl (C=O) groups is 1. The second-order valence-electron chi connectivity index (χ2n) is 6.44.